The number of carbonyl (C=O) groups is 3. The number of nitrogens with one attached hydrogen (secondary N) is 4. The van der Waals surface area contributed by atoms with Crippen LogP contribution in [0.2, 0.25) is 0 Å². The van der Waals surface area contributed by atoms with Gasteiger partial charge in [0.05, 0.1) is 11.1 Å². The standard InChI is InChI=1S/C32H30N6O4/c1-16-12-17(2)35-32(42)25(16)15-34-31(41)24-13-22(14-27(18(24)3)36-19(4)39)20-8-10-21(11-9-20)30-37-26-7-5-6-23(29(33)40)28(26)38-30/h5-14H,15H2,1-4H3,(H2,33,40)(H,34,41)(H,35,42)(H,36,39)(H,37,38). The number of carbonyl (C=O) groups excluding carboxylic acids is 3. The highest BCUT2D eigenvalue weighted by Crippen LogP contribution is 2.31. The number of fused-ring (bicyclic) bond motifs is 1. The lowest BCUT2D eigenvalue weighted by molar-refractivity contribution is -0.114. The van der Waals surface area contributed by atoms with Crippen molar-refractivity contribution in [3.8, 4) is 22.5 Å². The van der Waals surface area contributed by atoms with Crippen LogP contribution in [0.5, 0.6) is 0 Å². The fourth-order valence-electron chi connectivity index (χ4n) is 4.99. The van der Waals surface area contributed by atoms with Crippen molar-refractivity contribution in [2.75, 3.05) is 5.32 Å². The van der Waals surface area contributed by atoms with Gasteiger partial charge in [0, 0.05) is 41.5 Å². The number of hydrogen-bond donors (Lipinski definition) is 5. The van der Waals surface area contributed by atoms with Gasteiger partial charge in [-0.05, 0) is 73.4 Å². The highest BCUT2D eigenvalue weighted by molar-refractivity contribution is 6.04. The van der Waals surface area contributed by atoms with E-state index in [4.69, 9.17) is 5.73 Å². The van der Waals surface area contributed by atoms with Gasteiger partial charge in [-0.25, -0.2) is 4.98 Å². The van der Waals surface area contributed by atoms with Crippen LogP contribution in [0.3, 0.4) is 0 Å². The van der Waals surface area contributed by atoms with Crippen LogP contribution in [0.4, 0.5) is 5.69 Å². The van der Waals surface area contributed by atoms with Crippen LogP contribution in [0.15, 0.2) is 65.5 Å². The van der Waals surface area contributed by atoms with E-state index in [0.29, 0.717) is 50.4 Å². The molecule has 0 saturated heterocycles. The van der Waals surface area contributed by atoms with Crippen LogP contribution < -0.4 is 21.9 Å². The van der Waals surface area contributed by atoms with E-state index >= 15 is 0 Å². The van der Waals surface area contributed by atoms with Gasteiger partial charge in [-0.2, -0.15) is 0 Å². The van der Waals surface area contributed by atoms with Crippen LogP contribution in [0, 0.1) is 20.8 Å². The van der Waals surface area contributed by atoms with Crippen LogP contribution in [0.25, 0.3) is 33.5 Å². The summed E-state index contributed by atoms with van der Waals surface area (Å²) in [5.74, 6) is -0.609. The maximum absolute atomic E-state index is 13.4. The SMILES string of the molecule is CC(=O)Nc1cc(-c2ccc(-c3nc4c(C(N)=O)cccc4[nH]3)cc2)cc(C(=O)NCc2c(C)cc(C)[nH]c2=O)c1C. The summed E-state index contributed by atoms with van der Waals surface area (Å²) in [6, 6.07) is 18.2. The molecule has 0 aliphatic rings. The highest BCUT2D eigenvalue weighted by atomic mass is 16.2. The summed E-state index contributed by atoms with van der Waals surface area (Å²) in [5, 5.41) is 5.67. The largest absolute Gasteiger partial charge is 0.366 e. The van der Waals surface area contributed by atoms with Crippen molar-refractivity contribution in [1.29, 1.82) is 0 Å². The molecule has 10 heteroatoms. The molecular formula is C32H30N6O4. The molecule has 10 nitrogen and oxygen atoms in total. The number of amides is 3. The maximum Gasteiger partial charge on any atom is 0.253 e. The number of aromatic amines is 2. The molecule has 0 radical (unpaired) electrons. The second-order valence-electron chi connectivity index (χ2n) is 10.2. The molecule has 6 N–H and O–H groups in total. The summed E-state index contributed by atoms with van der Waals surface area (Å²) in [6.45, 7) is 6.86. The van der Waals surface area contributed by atoms with E-state index in [1.54, 1.807) is 32.0 Å². The maximum atomic E-state index is 13.4. The van der Waals surface area contributed by atoms with Crippen LogP contribution in [0.1, 0.15) is 50.0 Å². The first-order valence-electron chi connectivity index (χ1n) is 13.3. The first kappa shape index (κ1) is 28.0. The molecule has 5 aromatic rings. The molecule has 0 aliphatic heterocycles. The number of primary amides is 1. The van der Waals surface area contributed by atoms with Gasteiger partial charge in [-0.1, -0.05) is 30.3 Å². The second kappa shape index (κ2) is 11.2. The number of pyridine rings is 1. The van der Waals surface area contributed by atoms with Crippen LogP contribution in [-0.4, -0.2) is 32.7 Å². The minimum atomic E-state index is -0.552. The van der Waals surface area contributed by atoms with Crippen molar-refractivity contribution in [2.45, 2.75) is 34.2 Å². The average molecular weight is 563 g/mol. The predicted molar refractivity (Wildman–Crippen MR) is 162 cm³/mol. The molecule has 212 valence electrons. The lowest BCUT2D eigenvalue weighted by Gasteiger charge is -2.16. The Bertz CT molecular complexity index is 1940. The third-order valence-electron chi connectivity index (χ3n) is 7.15. The lowest BCUT2D eigenvalue weighted by Crippen LogP contribution is -2.28. The topological polar surface area (TPSA) is 163 Å². The molecule has 0 saturated carbocycles. The number of nitrogens with zero attached hydrogens (tertiary/aromatic N) is 1. The predicted octanol–water partition coefficient (Wildman–Crippen LogP) is 4.50. The fourth-order valence-corrected chi connectivity index (χ4v) is 4.99. The van der Waals surface area contributed by atoms with Crippen molar-refractivity contribution < 1.29 is 14.4 Å². The smallest absolute Gasteiger partial charge is 0.253 e. The Morgan fingerprint density at radius 3 is 2.26 bits per heavy atom. The zero-order valence-electron chi connectivity index (χ0n) is 23.6. The summed E-state index contributed by atoms with van der Waals surface area (Å²) < 4.78 is 0. The van der Waals surface area contributed by atoms with Crippen LogP contribution in [-0.2, 0) is 11.3 Å². The van der Waals surface area contributed by atoms with Crippen molar-refractivity contribution in [3.63, 3.8) is 0 Å². The minimum Gasteiger partial charge on any atom is -0.366 e. The second-order valence-corrected chi connectivity index (χ2v) is 10.2. The van der Waals surface area contributed by atoms with Gasteiger partial charge in [0.15, 0.2) is 0 Å². The van der Waals surface area contributed by atoms with Crippen molar-refractivity contribution >= 4 is 34.4 Å². The average Bonchev–Trinajstić information content (AvgIpc) is 3.38. The van der Waals surface area contributed by atoms with E-state index in [0.717, 1.165) is 22.4 Å². The van der Waals surface area contributed by atoms with Gasteiger partial charge in [0.25, 0.3) is 17.4 Å². The van der Waals surface area contributed by atoms with Crippen LogP contribution >= 0.6 is 0 Å². The molecule has 42 heavy (non-hydrogen) atoms. The Labute approximate surface area is 241 Å². The third kappa shape index (κ3) is 5.55. The normalized spacial score (nSPS) is 11.0. The zero-order valence-corrected chi connectivity index (χ0v) is 23.6. The summed E-state index contributed by atoms with van der Waals surface area (Å²) in [7, 11) is 0. The van der Waals surface area contributed by atoms with E-state index in [1.165, 1.54) is 6.92 Å². The zero-order chi connectivity index (χ0) is 30.1. The lowest BCUT2D eigenvalue weighted by atomic mass is 9.96. The first-order valence-corrected chi connectivity index (χ1v) is 13.3. The molecule has 0 spiro atoms. The number of nitrogens with two attached hydrogens (primary N) is 1. The highest BCUT2D eigenvalue weighted by Gasteiger charge is 2.18. The molecule has 3 aromatic carbocycles. The fraction of sp³-hybridized carbons (Fsp3) is 0.156. The first-order chi connectivity index (χ1) is 20.0. The molecule has 3 amide bonds. The molecule has 2 aromatic heterocycles. The Kier molecular flexibility index (Phi) is 7.45. The summed E-state index contributed by atoms with van der Waals surface area (Å²) in [4.78, 5) is 60.1. The summed E-state index contributed by atoms with van der Waals surface area (Å²) >= 11 is 0. The summed E-state index contributed by atoms with van der Waals surface area (Å²) in [5.41, 5.74) is 12.6. The van der Waals surface area contributed by atoms with Gasteiger partial charge >= 0.3 is 0 Å². The Balaban J connectivity index is 1.47. The van der Waals surface area contributed by atoms with Gasteiger partial charge < -0.3 is 26.3 Å². The molecule has 0 atom stereocenters. The molecular weight excluding hydrogens is 532 g/mol. The monoisotopic (exact) mass is 562 g/mol. The number of H-pyrrole nitrogens is 2. The summed E-state index contributed by atoms with van der Waals surface area (Å²) in [6.07, 6.45) is 0. The number of hydrogen-bond acceptors (Lipinski definition) is 5. The molecule has 0 aliphatic carbocycles. The van der Waals surface area contributed by atoms with E-state index < -0.39 is 5.91 Å². The number of benzene rings is 3. The third-order valence-corrected chi connectivity index (χ3v) is 7.15. The Hall–Kier alpha value is -5.51. The number of anilines is 1. The van der Waals surface area contributed by atoms with E-state index in [9.17, 15) is 19.2 Å². The number of aryl methyl sites for hydroxylation is 2. The Morgan fingerprint density at radius 1 is 0.881 bits per heavy atom. The van der Waals surface area contributed by atoms with E-state index in [-0.39, 0.29) is 23.9 Å². The van der Waals surface area contributed by atoms with E-state index in [2.05, 4.69) is 25.6 Å². The number of aromatic nitrogens is 3. The Morgan fingerprint density at radius 2 is 1.60 bits per heavy atom. The van der Waals surface area contributed by atoms with Crippen molar-refractivity contribution in [1.82, 2.24) is 20.3 Å². The molecule has 0 unspecified atom stereocenters. The van der Waals surface area contributed by atoms with Gasteiger partial charge in [-0.3, -0.25) is 19.2 Å². The number of para-hydroxylation sites is 1. The molecule has 2 heterocycles. The minimum absolute atomic E-state index is 0.0586. The van der Waals surface area contributed by atoms with Gasteiger partial charge in [-0.15, -0.1) is 0 Å². The molecule has 0 bridgehead atoms. The van der Waals surface area contributed by atoms with E-state index in [1.807, 2.05) is 49.4 Å². The van der Waals surface area contributed by atoms with Crippen molar-refractivity contribution in [3.05, 3.63) is 105 Å². The molecule has 5 rings (SSSR count). The van der Waals surface area contributed by atoms with Crippen molar-refractivity contribution in [2.24, 2.45) is 5.73 Å². The molecule has 0 fully saturated rings. The quantitative estimate of drug-likeness (QED) is 0.197. The van der Waals surface area contributed by atoms with Gasteiger partial charge in [0.1, 0.15) is 11.3 Å². The number of rotatable bonds is 7. The number of imidazole rings is 1. The van der Waals surface area contributed by atoms with Gasteiger partial charge in [0.2, 0.25) is 5.91 Å².